The van der Waals surface area contributed by atoms with Crippen LogP contribution in [0.2, 0.25) is 0 Å². The molecule has 0 atom stereocenters. The van der Waals surface area contributed by atoms with Crippen LogP contribution < -0.4 is 4.72 Å². The molecule has 2 aromatic carbocycles. The molecule has 0 saturated carbocycles. The molecule has 4 rings (SSSR count). The zero-order valence-electron chi connectivity index (χ0n) is 19.4. The van der Waals surface area contributed by atoms with E-state index in [4.69, 9.17) is 0 Å². The Morgan fingerprint density at radius 3 is 2.43 bits per heavy atom. The molecule has 0 bridgehead atoms. The van der Waals surface area contributed by atoms with Gasteiger partial charge in [0, 0.05) is 29.4 Å². The summed E-state index contributed by atoms with van der Waals surface area (Å²) in [4.78, 5) is 4.60. The Balaban J connectivity index is 1.65. The van der Waals surface area contributed by atoms with Crippen LogP contribution >= 0.6 is 0 Å². The number of aryl methyl sites for hydroxylation is 2. The van der Waals surface area contributed by atoms with Crippen LogP contribution in [0.1, 0.15) is 36.6 Å². The van der Waals surface area contributed by atoms with Crippen molar-refractivity contribution in [3.63, 3.8) is 0 Å². The van der Waals surface area contributed by atoms with E-state index in [0.717, 1.165) is 35.9 Å². The molecule has 0 aliphatic heterocycles. The molecule has 1 N–H and O–H groups in total. The second kappa shape index (κ2) is 9.73. The Labute approximate surface area is 202 Å². The van der Waals surface area contributed by atoms with E-state index >= 15 is 0 Å². The highest BCUT2D eigenvalue weighted by molar-refractivity contribution is 7.93. The molecule has 0 fully saturated rings. The fourth-order valence-electron chi connectivity index (χ4n) is 4.07. The molecule has 5 nitrogen and oxygen atoms in total. The Kier molecular flexibility index (Phi) is 6.89. The molecule has 2 aromatic heterocycles. The Morgan fingerprint density at radius 1 is 1.03 bits per heavy atom. The van der Waals surface area contributed by atoms with Crippen LogP contribution in [0, 0.1) is 6.92 Å². The molecule has 0 aliphatic carbocycles. The standard InChI is InChI=1S/C26H26F3N3O2S/c1-3-4-7-21-16-23-18(2)14-15-30-25(23)32(21)17-19-10-12-20(13-11-19)22-8-5-6-9-24(22)31-35(33,34)26(27,28)29/h5-6,8-16,31H,3-4,7,17H2,1-2H3. The molecule has 9 heteroatoms. The second-order valence-electron chi connectivity index (χ2n) is 8.48. The van der Waals surface area contributed by atoms with Gasteiger partial charge in [-0.3, -0.25) is 4.72 Å². The van der Waals surface area contributed by atoms with Crippen LogP contribution in [-0.4, -0.2) is 23.5 Å². The number of para-hydroxylation sites is 1. The minimum Gasteiger partial charge on any atom is -0.325 e. The molecule has 0 unspecified atom stereocenters. The third-order valence-electron chi connectivity index (χ3n) is 5.97. The van der Waals surface area contributed by atoms with Crippen LogP contribution in [0.15, 0.2) is 66.9 Å². The molecule has 0 radical (unpaired) electrons. The Morgan fingerprint density at radius 2 is 1.74 bits per heavy atom. The van der Waals surface area contributed by atoms with E-state index in [1.807, 2.05) is 18.2 Å². The molecule has 184 valence electrons. The fourth-order valence-corrected chi connectivity index (χ4v) is 4.65. The predicted octanol–water partition coefficient (Wildman–Crippen LogP) is 6.66. The van der Waals surface area contributed by atoms with Gasteiger partial charge in [-0.2, -0.15) is 21.6 Å². The van der Waals surface area contributed by atoms with Crippen LogP contribution in [0.25, 0.3) is 22.2 Å². The maximum Gasteiger partial charge on any atom is 0.516 e. The van der Waals surface area contributed by atoms with Crippen molar-refractivity contribution in [2.24, 2.45) is 0 Å². The third kappa shape index (κ3) is 5.19. The van der Waals surface area contributed by atoms with Gasteiger partial charge in [0.15, 0.2) is 0 Å². The highest BCUT2D eigenvalue weighted by Crippen LogP contribution is 2.32. The number of alkyl halides is 3. The van der Waals surface area contributed by atoms with Gasteiger partial charge in [-0.1, -0.05) is 55.8 Å². The monoisotopic (exact) mass is 501 g/mol. The van der Waals surface area contributed by atoms with Gasteiger partial charge in [-0.15, -0.1) is 0 Å². The number of hydrogen-bond acceptors (Lipinski definition) is 3. The molecule has 35 heavy (non-hydrogen) atoms. The highest BCUT2D eigenvalue weighted by atomic mass is 32.2. The molecule has 0 aliphatic rings. The van der Waals surface area contributed by atoms with Crippen LogP contribution in [0.4, 0.5) is 18.9 Å². The van der Waals surface area contributed by atoms with Crippen molar-refractivity contribution >= 4 is 26.7 Å². The number of sulfonamides is 1. The normalized spacial score (nSPS) is 12.3. The third-order valence-corrected chi connectivity index (χ3v) is 7.07. The number of aromatic nitrogens is 2. The first-order valence-electron chi connectivity index (χ1n) is 11.3. The number of anilines is 1. The molecule has 4 aromatic rings. The van der Waals surface area contributed by atoms with Gasteiger partial charge in [0.25, 0.3) is 0 Å². The predicted molar refractivity (Wildman–Crippen MR) is 133 cm³/mol. The summed E-state index contributed by atoms with van der Waals surface area (Å²) in [5.74, 6) is 0. The first-order chi connectivity index (χ1) is 16.6. The van der Waals surface area contributed by atoms with Gasteiger partial charge >= 0.3 is 15.5 Å². The molecular formula is C26H26F3N3O2S. The molecule has 2 heterocycles. The lowest BCUT2D eigenvalue weighted by Gasteiger charge is -2.15. The molecule has 0 amide bonds. The molecule has 0 spiro atoms. The van der Waals surface area contributed by atoms with Gasteiger partial charge in [0.1, 0.15) is 5.65 Å². The summed E-state index contributed by atoms with van der Waals surface area (Å²) in [5.41, 5.74) is -0.264. The smallest absolute Gasteiger partial charge is 0.325 e. The van der Waals surface area contributed by atoms with Gasteiger partial charge < -0.3 is 4.57 Å². The fraction of sp³-hybridized carbons (Fsp3) is 0.269. The summed E-state index contributed by atoms with van der Waals surface area (Å²) in [7, 11) is -5.52. The summed E-state index contributed by atoms with van der Waals surface area (Å²) < 4.78 is 65.8. The summed E-state index contributed by atoms with van der Waals surface area (Å²) >= 11 is 0. The maximum absolute atomic E-state index is 12.9. The van der Waals surface area contributed by atoms with E-state index in [0.29, 0.717) is 17.7 Å². The zero-order chi connectivity index (χ0) is 25.2. The Hall–Kier alpha value is -3.33. The average Bonchev–Trinajstić information content (AvgIpc) is 3.16. The lowest BCUT2D eigenvalue weighted by Crippen LogP contribution is -2.30. The maximum atomic E-state index is 12.9. The number of nitrogens with zero attached hydrogens (tertiary/aromatic N) is 2. The van der Waals surface area contributed by atoms with Crippen LogP contribution in [0.5, 0.6) is 0 Å². The largest absolute Gasteiger partial charge is 0.516 e. The summed E-state index contributed by atoms with van der Waals surface area (Å²) in [5, 5.41) is 1.13. The van der Waals surface area contributed by atoms with Crippen molar-refractivity contribution in [1.29, 1.82) is 0 Å². The van der Waals surface area contributed by atoms with E-state index in [9.17, 15) is 21.6 Å². The van der Waals surface area contributed by atoms with Crippen molar-refractivity contribution in [1.82, 2.24) is 9.55 Å². The number of halogens is 3. The van der Waals surface area contributed by atoms with E-state index in [1.165, 1.54) is 23.4 Å². The zero-order valence-corrected chi connectivity index (χ0v) is 20.2. The first kappa shape index (κ1) is 24.8. The summed E-state index contributed by atoms with van der Waals surface area (Å²) in [6.07, 6.45) is 4.90. The lowest BCUT2D eigenvalue weighted by atomic mass is 10.0. The number of rotatable bonds is 8. The number of nitrogens with one attached hydrogen (secondary N) is 1. The van der Waals surface area contributed by atoms with Gasteiger partial charge in [0.2, 0.25) is 0 Å². The number of hydrogen-bond donors (Lipinski definition) is 1. The quantitative estimate of drug-likeness (QED) is 0.294. The van der Waals surface area contributed by atoms with E-state index in [-0.39, 0.29) is 5.69 Å². The van der Waals surface area contributed by atoms with Crippen molar-refractivity contribution in [3.05, 3.63) is 83.7 Å². The van der Waals surface area contributed by atoms with E-state index < -0.39 is 15.5 Å². The number of benzene rings is 2. The van der Waals surface area contributed by atoms with Crippen molar-refractivity contribution in [2.45, 2.75) is 45.2 Å². The summed E-state index contributed by atoms with van der Waals surface area (Å²) in [6, 6.07) is 17.6. The topological polar surface area (TPSA) is 64.0 Å². The van der Waals surface area contributed by atoms with E-state index in [2.05, 4.69) is 29.5 Å². The molecular weight excluding hydrogens is 475 g/mol. The van der Waals surface area contributed by atoms with Crippen molar-refractivity contribution in [3.8, 4) is 11.1 Å². The highest BCUT2D eigenvalue weighted by Gasteiger charge is 2.46. The first-order valence-corrected chi connectivity index (χ1v) is 12.8. The minimum absolute atomic E-state index is 0.129. The van der Waals surface area contributed by atoms with Crippen LogP contribution in [-0.2, 0) is 23.0 Å². The Bertz CT molecular complexity index is 1440. The van der Waals surface area contributed by atoms with Crippen LogP contribution in [0.3, 0.4) is 0 Å². The van der Waals surface area contributed by atoms with Crippen molar-refractivity contribution < 1.29 is 21.6 Å². The second-order valence-corrected chi connectivity index (χ2v) is 10.2. The lowest BCUT2D eigenvalue weighted by molar-refractivity contribution is -0.0429. The average molecular weight is 502 g/mol. The number of unbranched alkanes of at least 4 members (excludes halogenated alkanes) is 1. The number of pyridine rings is 1. The number of fused-ring (bicyclic) bond motifs is 1. The minimum atomic E-state index is -5.52. The van der Waals surface area contributed by atoms with Gasteiger partial charge in [-0.25, -0.2) is 4.98 Å². The SMILES string of the molecule is CCCCc1cc2c(C)ccnc2n1Cc1ccc(-c2ccccc2NS(=O)(=O)C(F)(F)F)cc1. The van der Waals surface area contributed by atoms with Crippen molar-refractivity contribution in [2.75, 3.05) is 4.72 Å². The molecule has 0 saturated heterocycles. The van der Waals surface area contributed by atoms with Gasteiger partial charge in [0.05, 0.1) is 5.69 Å². The summed E-state index contributed by atoms with van der Waals surface area (Å²) in [6.45, 7) is 4.82. The van der Waals surface area contributed by atoms with Gasteiger partial charge in [-0.05, 0) is 54.7 Å². The van der Waals surface area contributed by atoms with E-state index in [1.54, 1.807) is 35.2 Å².